The van der Waals surface area contributed by atoms with E-state index in [-0.39, 0.29) is 0 Å². The average molecular weight is 344 g/mol. The maximum Gasteiger partial charge on any atom is 0.191 e. The third kappa shape index (κ3) is 5.86. The summed E-state index contributed by atoms with van der Waals surface area (Å²) in [5, 5.41) is 11.0. The van der Waals surface area contributed by atoms with Crippen LogP contribution >= 0.6 is 0 Å². The van der Waals surface area contributed by atoms with Crippen molar-refractivity contribution in [2.45, 2.75) is 33.7 Å². The van der Waals surface area contributed by atoms with Crippen molar-refractivity contribution in [1.29, 1.82) is 0 Å². The molecule has 0 aliphatic rings. The van der Waals surface area contributed by atoms with Crippen molar-refractivity contribution < 1.29 is 4.74 Å². The van der Waals surface area contributed by atoms with Gasteiger partial charge in [0.05, 0.1) is 5.69 Å². The average Bonchev–Trinajstić information content (AvgIpc) is 2.96. The van der Waals surface area contributed by atoms with Gasteiger partial charge in [-0.15, -0.1) is 0 Å². The smallest absolute Gasteiger partial charge is 0.191 e. The number of hydrogen-bond acceptors (Lipinski definition) is 4. The third-order valence-electron chi connectivity index (χ3n) is 3.68. The minimum absolute atomic E-state index is 0.662. The number of aromatic nitrogens is 3. The van der Waals surface area contributed by atoms with E-state index in [9.17, 15) is 0 Å². The monoisotopic (exact) mass is 344 g/mol. The summed E-state index contributed by atoms with van der Waals surface area (Å²) >= 11 is 0. The SMILES string of the molecule is CCOCCCNC(=NC)NCc1ccc(-n2nc(C)cc2C)nc1. The number of nitrogens with zero attached hydrogens (tertiary/aromatic N) is 4. The molecule has 2 aromatic rings. The Bertz CT molecular complexity index is 677. The van der Waals surface area contributed by atoms with Crippen molar-refractivity contribution >= 4 is 5.96 Å². The van der Waals surface area contributed by atoms with E-state index in [2.05, 4.69) is 25.7 Å². The molecule has 7 heteroatoms. The van der Waals surface area contributed by atoms with Crippen LogP contribution in [0.3, 0.4) is 0 Å². The molecule has 0 saturated carbocycles. The summed E-state index contributed by atoms with van der Waals surface area (Å²) in [4.78, 5) is 8.73. The van der Waals surface area contributed by atoms with Crippen molar-refractivity contribution in [3.63, 3.8) is 0 Å². The number of rotatable bonds is 8. The lowest BCUT2D eigenvalue weighted by Crippen LogP contribution is -2.37. The van der Waals surface area contributed by atoms with Crippen molar-refractivity contribution in [3.05, 3.63) is 41.3 Å². The summed E-state index contributed by atoms with van der Waals surface area (Å²) in [6.07, 6.45) is 2.81. The highest BCUT2D eigenvalue weighted by atomic mass is 16.5. The topological polar surface area (TPSA) is 76.4 Å². The van der Waals surface area contributed by atoms with E-state index in [1.165, 1.54) is 0 Å². The fraction of sp³-hybridized carbons (Fsp3) is 0.500. The van der Waals surface area contributed by atoms with Gasteiger partial charge in [-0.1, -0.05) is 6.07 Å². The molecule has 136 valence electrons. The second-order valence-electron chi connectivity index (χ2n) is 5.77. The van der Waals surface area contributed by atoms with Crippen LogP contribution in [0.1, 0.15) is 30.3 Å². The lowest BCUT2D eigenvalue weighted by molar-refractivity contribution is 0.145. The van der Waals surface area contributed by atoms with Crippen molar-refractivity contribution in [1.82, 2.24) is 25.4 Å². The van der Waals surface area contributed by atoms with Gasteiger partial charge in [-0.2, -0.15) is 5.10 Å². The Labute approximate surface area is 149 Å². The number of hydrogen-bond donors (Lipinski definition) is 2. The highest BCUT2D eigenvalue weighted by molar-refractivity contribution is 5.79. The number of aliphatic imine (C=N–C) groups is 1. The fourth-order valence-electron chi connectivity index (χ4n) is 2.44. The van der Waals surface area contributed by atoms with Crippen LogP contribution in [-0.2, 0) is 11.3 Å². The van der Waals surface area contributed by atoms with Crippen LogP contribution in [0.4, 0.5) is 0 Å². The first kappa shape index (κ1) is 18.9. The number of guanidine groups is 1. The molecule has 0 aromatic carbocycles. The van der Waals surface area contributed by atoms with Crippen molar-refractivity contribution in [2.24, 2.45) is 4.99 Å². The van der Waals surface area contributed by atoms with E-state index in [1.54, 1.807) is 7.05 Å². The molecule has 7 nitrogen and oxygen atoms in total. The fourth-order valence-corrected chi connectivity index (χ4v) is 2.44. The number of ether oxygens (including phenoxy) is 1. The van der Waals surface area contributed by atoms with E-state index in [1.807, 2.05) is 49.8 Å². The Balaban J connectivity index is 1.83. The molecule has 0 fully saturated rings. The zero-order valence-electron chi connectivity index (χ0n) is 15.5. The molecular formula is C18H28N6O. The number of nitrogens with one attached hydrogen (secondary N) is 2. The molecule has 0 radical (unpaired) electrons. The summed E-state index contributed by atoms with van der Waals surface area (Å²) in [6, 6.07) is 6.07. The van der Waals surface area contributed by atoms with E-state index in [0.29, 0.717) is 6.54 Å². The van der Waals surface area contributed by atoms with E-state index >= 15 is 0 Å². The maximum absolute atomic E-state index is 5.32. The molecule has 2 aromatic heterocycles. The van der Waals surface area contributed by atoms with Gasteiger partial charge in [-0.05, 0) is 44.9 Å². The molecule has 0 bridgehead atoms. The van der Waals surface area contributed by atoms with Gasteiger partial charge in [0.25, 0.3) is 0 Å². The van der Waals surface area contributed by atoms with Crippen molar-refractivity contribution in [2.75, 3.05) is 26.8 Å². The zero-order valence-corrected chi connectivity index (χ0v) is 15.5. The summed E-state index contributed by atoms with van der Waals surface area (Å²) in [5.41, 5.74) is 3.15. The molecular weight excluding hydrogens is 316 g/mol. The zero-order chi connectivity index (χ0) is 18.1. The van der Waals surface area contributed by atoms with Gasteiger partial charge in [0.15, 0.2) is 11.8 Å². The van der Waals surface area contributed by atoms with E-state index < -0.39 is 0 Å². The predicted octanol–water partition coefficient (Wildman–Crippen LogP) is 1.98. The third-order valence-corrected chi connectivity index (χ3v) is 3.68. The van der Waals surface area contributed by atoms with Gasteiger partial charge in [0.2, 0.25) is 0 Å². The number of pyridine rings is 1. The summed E-state index contributed by atoms with van der Waals surface area (Å²) in [7, 11) is 1.77. The van der Waals surface area contributed by atoms with Gasteiger partial charge >= 0.3 is 0 Å². The van der Waals surface area contributed by atoms with E-state index in [4.69, 9.17) is 4.74 Å². The van der Waals surface area contributed by atoms with Crippen LogP contribution in [0.15, 0.2) is 29.4 Å². The summed E-state index contributed by atoms with van der Waals surface area (Å²) in [6.45, 7) is 9.02. The van der Waals surface area contributed by atoms with Crippen LogP contribution in [-0.4, -0.2) is 47.5 Å². The van der Waals surface area contributed by atoms with Crippen LogP contribution < -0.4 is 10.6 Å². The lowest BCUT2D eigenvalue weighted by Gasteiger charge is -2.12. The molecule has 25 heavy (non-hydrogen) atoms. The molecule has 0 amide bonds. The maximum atomic E-state index is 5.32. The first-order valence-corrected chi connectivity index (χ1v) is 8.65. The van der Waals surface area contributed by atoms with Gasteiger partial charge in [-0.25, -0.2) is 9.67 Å². The van der Waals surface area contributed by atoms with Crippen LogP contribution in [0.2, 0.25) is 0 Å². The molecule has 0 unspecified atom stereocenters. The first-order chi connectivity index (χ1) is 12.1. The molecule has 0 saturated heterocycles. The van der Waals surface area contributed by atoms with Crippen LogP contribution in [0.25, 0.3) is 5.82 Å². The lowest BCUT2D eigenvalue weighted by atomic mass is 10.3. The van der Waals surface area contributed by atoms with Crippen LogP contribution in [0.5, 0.6) is 0 Å². The molecule has 2 heterocycles. The molecule has 0 atom stereocenters. The molecule has 0 aliphatic carbocycles. The Morgan fingerprint density at radius 3 is 2.72 bits per heavy atom. The normalized spacial score (nSPS) is 11.6. The highest BCUT2D eigenvalue weighted by Crippen LogP contribution is 2.10. The molecule has 0 spiro atoms. The molecule has 2 rings (SSSR count). The van der Waals surface area contributed by atoms with Gasteiger partial charge in [-0.3, -0.25) is 4.99 Å². The second-order valence-corrected chi connectivity index (χ2v) is 5.77. The van der Waals surface area contributed by atoms with Crippen LogP contribution in [0, 0.1) is 13.8 Å². The molecule has 0 aliphatic heterocycles. The minimum atomic E-state index is 0.662. The highest BCUT2D eigenvalue weighted by Gasteiger charge is 2.05. The van der Waals surface area contributed by atoms with Gasteiger partial charge < -0.3 is 15.4 Å². The number of aryl methyl sites for hydroxylation is 2. The standard InChI is InChI=1S/C18H28N6O/c1-5-25-10-6-9-20-18(19-4)22-13-16-7-8-17(21-12-16)24-15(3)11-14(2)23-24/h7-8,11-12H,5-6,9-10,13H2,1-4H3,(H2,19,20,22). The minimum Gasteiger partial charge on any atom is -0.382 e. The first-order valence-electron chi connectivity index (χ1n) is 8.65. The Kier molecular flexibility index (Phi) is 7.40. The Hall–Kier alpha value is -2.41. The summed E-state index contributed by atoms with van der Waals surface area (Å²) < 4.78 is 7.17. The Morgan fingerprint density at radius 2 is 2.12 bits per heavy atom. The van der Waals surface area contributed by atoms with E-state index in [0.717, 1.165) is 54.9 Å². The van der Waals surface area contributed by atoms with Gasteiger partial charge in [0, 0.05) is 45.2 Å². The largest absolute Gasteiger partial charge is 0.382 e. The quantitative estimate of drug-likeness (QED) is 0.435. The predicted molar refractivity (Wildman–Crippen MR) is 100 cm³/mol. The second kappa shape index (κ2) is 9.78. The van der Waals surface area contributed by atoms with Crippen molar-refractivity contribution in [3.8, 4) is 5.82 Å². The summed E-state index contributed by atoms with van der Waals surface area (Å²) in [5.74, 6) is 1.60. The molecule has 2 N–H and O–H groups in total. The van der Waals surface area contributed by atoms with Gasteiger partial charge in [0.1, 0.15) is 0 Å². The Morgan fingerprint density at radius 1 is 1.28 bits per heavy atom.